The first kappa shape index (κ1) is 26.1. The van der Waals surface area contributed by atoms with E-state index in [4.69, 9.17) is 32.4 Å². The maximum absolute atomic E-state index is 13.6. The van der Waals surface area contributed by atoms with Crippen molar-refractivity contribution in [3.05, 3.63) is 104 Å². The summed E-state index contributed by atoms with van der Waals surface area (Å²) < 4.78 is 13.0. The minimum atomic E-state index is -0.666. The van der Waals surface area contributed by atoms with Gasteiger partial charge < -0.3 is 9.15 Å². The van der Waals surface area contributed by atoms with Crippen molar-refractivity contribution in [2.24, 2.45) is 4.99 Å². The molecule has 1 aliphatic heterocycles. The summed E-state index contributed by atoms with van der Waals surface area (Å²) in [4.78, 5) is 42.7. The van der Waals surface area contributed by atoms with Crippen LogP contribution in [0.3, 0.4) is 0 Å². The van der Waals surface area contributed by atoms with Crippen LogP contribution in [-0.4, -0.2) is 22.1 Å². The molecular formula is C25H17Cl2N3O6S2. The zero-order valence-electron chi connectivity index (χ0n) is 19.8. The fourth-order valence-corrected chi connectivity index (χ4v) is 6.41. The van der Waals surface area contributed by atoms with Crippen LogP contribution in [0.4, 0.5) is 5.69 Å². The van der Waals surface area contributed by atoms with Gasteiger partial charge in [-0.3, -0.25) is 19.5 Å². The van der Waals surface area contributed by atoms with Crippen molar-refractivity contribution in [2.75, 3.05) is 6.61 Å². The predicted octanol–water partition coefficient (Wildman–Crippen LogP) is 5.33. The Labute approximate surface area is 232 Å². The molecule has 0 saturated carbocycles. The second kappa shape index (κ2) is 10.3. The maximum atomic E-state index is 13.6. The standard InChI is InChI=1S/C25H17Cl2N3O6S2/c1-3-35-24(32)21-12(2)28-25-29(22(21)19-5-4-8-37-19)23(31)20(38-25)9-13-6-7-18(36-13)14-10-16(27)17(30(33)34)11-15(14)26/h4-11,22H,3H2,1-2H3/b20-9+. The van der Waals surface area contributed by atoms with E-state index in [1.807, 2.05) is 17.5 Å². The molecule has 9 nitrogen and oxygen atoms in total. The van der Waals surface area contributed by atoms with Gasteiger partial charge in [0.15, 0.2) is 4.80 Å². The van der Waals surface area contributed by atoms with Gasteiger partial charge >= 0.3 is 5.97 Å². The molecule has 0 radical (unpaired) electrons. The topological polar surface area (TPSA) is 117 Å². The Morgan fingerprint density at radius 2 is 2.08 bits per heavy atom. The van der Waals surface area contributed by atoms with Gasteiger partial charge in [0, 0.05) is 22.6 Å². The number of nitrogens with zero attached hydrogens (tertiary/aromatic N) is 3. The molecule has 3 aromatic heterocycles. The number of nitro groups is 1. The van der Waals surface area contributed by atoms with Crippen molar-refractivity contribution in [1.29, 1.82) is 0 Å². The molecule has 0 spiro atoms. The first-order valence-corrected chi connectivity index (χ1v) is 13.6. The normalized spacial score (nSPS) is 15.4. The predicted molar refractivity (Wildman–Crippen MR) is 146 cm³/mol. The summed E-state index contributed by atoms with van der Waals surface area (Å²) in [6.45, 7) is 3.64. The first-order valence-electron chi connectivity index (χ1n) is 11.2. The third-order valence-electron chi connectivity index (χ3n) is 5.73. The van der Waals surface area contributed by atoms with E-state index in [9.17, 15) is 19.7 Å². The van der Waals surface area contributed by atoms with Crippen LogP contribution in [-0.2, 0) is 9.53 Å². The number of hydrogen-bond acceptors (Lipinski definition) is 9. The van der Waals surface area contributed by atoms with Crippen molar-refractivity contribution in [3.8, 4) is 11.3 Å². The number of rotatable bonds is 6. The average Bonchev–Trinajstić information content (AvgIpc) is 3.61. The van der Waals surface area contributed by atoms with Crippen LogP contribution in [0.2, 0.25) is 10.0 Å². The van der Waals surface area contributed by atoms with Gasteiger partial charge in [-0.15, -0.1) is 11.3 Å². The number of carbonyl (C=O) groups is 1. The molecule has 194 valence electrons. The lowest BCUT2D eigenvalue weighted by Crippen LogP contribution is -2.39. The van der Waals surface area contributed by atoms with Crippen molar-refractivity contribution in [3.63, 3.8) is 0 Å². The van der Waals surface area contributed by atoms with Gasteiger partial charge in [-0.25, -0.2) is 9.79 Å². The van der Waals surface area contributed by atoms with Gasteiger partial charge in [-0.1, -0.05) is 40.6 Å². The number of benzene rings is 1. The Morgan fingerprint density at radius 3 is 2.76 bits per heavy atom. The van der Waals surface area contributed by atoms with Gasteiger partial charge in [-0.05, 0) is 43.5 Å². The number of carbonyl (C=O) groups excluding carboxylic acids is 1. The summed E-state index contributed by atoms with van der Waals surface area (Å²) in [5.74, 6) is 0.156. The molecule has 0 fully saturated rings. The number of nitro benzene ring substituents is 1. The van der Waals surface area contributed by atoms with Crippen LogP contribution in [0, 0.1) is 10.1 Å². The number of hydrogen-bond donors (Lipinski definition) is 0. The Morgan fingerprint density at radius 1 is 1.29 bits per heavy atom. The lowest BCUT2D eigenvalue weighted by atomic mass is 10.0. The second-order valence-electron chi connectivity index (χ2n) is 8.06. The van der Waals surface area contributed by atoms with Crippen LogP contribution in [0.1, 0.15) is 30.5 Å². The number of thiophene rings is 1. The number of furan rings is 1. The molecule has 4 aromatic rings. The van der Waals surface area contributed by atoms with E-state index < -0.39 is 16.9 Å². The minimum absolute atomic E-state index is 0.0815. The monoisotopic (exact) mass is 589 g/mol. The lowest BCUT2D eigenvalue weighted by molar-refractivity contribution is -0.384. The molecule has 0 saturated heterocycles. The number of esters is 1. The van der Waals surface area contributed by atoms with Crippen molar-refractivity contribution in [1.82, 2.24) is 4.57 Å². The maximum Gasteiger partial charge on any atom is 0.338 e. The zero-order valence-corrected chi connectivity index (χ0v) is 22.9. The van der Waals surface area contributed by atoms with Gasteiger partial charge in [-0.2, -0.15) is 0 Å². The van der Waals surface area contributed by atoms with Crippen molar-refractivity contribution < 1.29 is 18.9 Å². The molecule has 5 rings (SSSR count). The number of allylic oxidation sites excluding steroid dienone is 1. The number of fused-ring (bicyclic) bond motifs is 1. The van der Waals surface area contributed by atoms with Crippen LogP contribution in [0.5, 0.6) is 0 Å². The van der Waals surface area contributed by atoms with Gasteiger partial charge in [0.05, 0.1) is 32.4 Å². The van der Waals surface area contributed by atoms with Crippen molar-refractivity contribution in [2.45, 2.75) is 19.9 Å². The lowest BCUT2D eigenvalue weighted by Gasteiger charge is -2.23. The number of aromatic nitrogens is 1. The van der Waals surface area contributed by atoms with Crippen LogP contribution in [0.15, 0.2) is 67.3 Å². The highest BCUT2D eigenvalue weighted by Crippen LogP contribution is 2.37. The molecule has 0 aliphatic carbocycles. The molecule has 13 heteroatoms. The van der Waals surface area contributed by atoms with Crippen molar-refractivity contribution >= 4 is 63.6 Å². The number of thiazole rings is 1. The fraction of sp³-hybridized carbons (Fsp3) is 0.160. The van der Waals surface area contributed by atoms with E-state index in [2.05, 4.69) is 4.99 Å². The molecule has 38 heavy (non-hydrogen) atoms. The summed E-state index contributed by atoms with van der Waals surface area (Å²) in [7, 11) is 0. The van der Waals surface area contributed by atoms with Crippen LogP contribution in [0.25, 0.3) is 17.4 Å². The van der Waals surface area contributed by atoms with E-state index >= 15 is 0 Å². The largest absolute Gasteiger partial charge is 0.463 e. The molecular weight excluding hydrogens is 573 g/mol. The molecule has 0 amide bonds. The second-order valence-corrected chi connectivity index (χ2v) is 10.9. The summed E-state index contributed by atoms with van der Waals surface area (Å²) in [5, 5.41) is 13.0. The van der Waals surface area contributed by atoms with Gasteiger partial charge in [0.2, 0.25) is 0 Å². The van der Waals surface area contributed by atoms with E-state index in [-0.39, 0.29) is 27.9 Å². The molecule has 0 bridgehead atoms. The molecule has 1 aromatic carbocycles. The zero-order chi connectivity index (χ0) is 27.1. The molecule has 0 N–H and O–H groups in total. The fourth-order valence-electron chi connectivity index (χ4n) is 4.08. The Balaban J connectivity index is 1.59. The Hall–Kier alpha value is -3.51. The van der Waals surface area contributed by atoms with Gasteiger partial charge in [0.1, 0.15) is 22.6 Å². The van der Waals surface area contributed by atoms with Crippen LogP contribution < -0.4 is 14.9 Å². The van der Waals surface area contributed by atoms with Crippen LogP contribution >= 0.6 is 45.9 Å². The highest BCUT2D eigenvalue weighted by atomic mass is 35.5. The molecule has 1 aliphatic rings. The average molecular weight is 590 g/mol. The highest BCUT2D eigenvalue weighted by Gasteiger charge is 2.34. The Bertz CT molecular complexity index is 1800. The van der Waals surface area contributed by atoms with E-state index in [1.165, 1.54) is 33.3 Å². The number of ether oxygens (including phenoxy) is 1. The first-order chi connectivity index (χ1) is 18.2. The SMILES string of the molecule is CCOC(=O)C1=C(C)N=c2s/c(=C/c3ccc(-c4cc(Cl)c([N+](=O)[O-])cc4Cl)o3)c(=O)n2C1c1cccs1. The minimum Gasteiger partial charge on any atom is -0.463 e. The van der Waals surface area contributed by atoms with E-state index in [1.54, 1.807) is 32.1 Å². The third-order valence-corrected chi connectivity index (χ3v) is 8.25. The summed E-state index contributed by atoms with van der Waals surface area (Å²) in [5.41, 5.74) is 0.524. The highest BCUT2D eigenvalue weighted by molar-refractivity contribution is 7.10. The van der Waals surface area contributed by atoms with E-state index in [0.29, 0.717) is 37.7 Å². The molecule has 1 atom stereocenters. The summed E-state index contributed by atoms with van der Waals surface area (Å²) in [6, 6.07) is 8.85. The smallest absolute Gasteiger partial charge is 0.338 e. The summed E-state index contributed by atoms with van der Waals surface area (Å²) >= 11 is 14.9. The molecule has 1 unspecified atom stereocenters. The third kappa shape index (κ3) is 4.62. The Kier molecular flexibility index (Phi) is 7.10. The van der Waals surface area contributed by atoms with E-state index in [0.717, 1.165) is 10.9 Å². The number of halogens is 2. The quantitative estimate of drug-likeness (QED) is 0.170. The summed E-state index contributed by atoms with van der Waals surface area (Å²) in [6.07, 6.45) is 1.57. The molecule has 4 heterocycles. The van der Waals surface area contributed by atoms with Gasteiger partial charge in [0.25, 0.3) is 11.2 Å².